The second-order valence-electron chi connectivity index (χ2n) is 4.90. The minimum Gasteiger partial charge on any atom is -0.327 e. The first kappa shape index (κ1) is 9.84. The average Bonchev–Trinajstić information content (AvgIpc) is 2.92. The fourth-order valence-electron chi connectivity index (χ4n) is 3.27. The molecule has 0 spiro atoms. The highest BCUT2D eigenvalue weighted by Gasteiger charge is 2.49. The van der Waals surface area contributed by atoms with E-state index in [0.29, 0.717) is 17.7 Å². The molecule has 2 saturated carbocycles. The Morgan fingerprint density at radius 3 is 2.94 bits per heavy atom. The maximum absolute atomic E-state index is 12.1. The van der Waals surface area contributed by atoms with Gasteiger partial charge in [-0.05, 0) is 31.1 Å². The van der Waals surface area contributed by atoms with Gasteiger partial charge >= 0.3 is 0 Å². The van der Waals surface area contributed by atoms with Crippen molar-refractivity contribution >= 4 is 11.7 Å². The smallest absolute Gasteiger partial charge is 0.230 e. The van der Waals surface area contributed by atoms with Crippen LogP contribution in [-0.4, -0.2) is 22.1 Å². The number of aromatic nitrogens is 2. The molecule has 86 valence electrons. The molecule has 0 radical (unpaired) electrons. The number of hydrogen-bond donors (Lipinski definition) is 3. The van der Waals surface area contributed by atoms with Gasteiger partial charge in [0.15, 0.2) is 0 Å². The summed E-state index contributed by atoms with van der Waals surface area (Å²) in [6, 6.07) is 1.79. The Kier molecular flexibility index (Phi) is 2.21. The van der Waals surface area contributed by atoms with Crippen molar-refractivity contribution in [3.8, 4) is 0 Å². The monoisotopic (exact) mass is 220 g/mol. The van der Waals surface area contributed by atoms with E-state index in [1.54, 1.807) is 12.3 Å². The van der Waals surface area contributed by atoms with Crippen LogP contribution in [0.3, 0.4) is 0 Å². The van der Waals surface area contributed by atoms with Crippen molar-refractivity contribution in [2.24, 2.45) is 23.5 Å². The van der Waals surface area contributed by atoms with Crippen LogP contribution >= 0.6 is 0 Å². The van der Waals surface area contributed by atoms with Gasteiger partial charge in [-0.1, -0.05) is 0 Å². The highest BCUT2D eigenvalue weighted by atomic mass is 16.2. The van der Waals surface area contributed by atoms with E-state index in [4.69, 9.17) is 5.73 Å². The zero-order valence-corrected chi connectivity index (χ0v) is 9.02. The quantitative estimate of drug-likeness (QED) is 0.686. The molecule has 4 atom stereocenters. The zero-order chi connectivity index (χ0) is 11.1. The lowest BCUT2D eigenvalue weighted by Gasteiger charge is -2.26. The molecule has 5 heteroatoms. The molecule has 1 heterocycles. The SMILES string of the molecule is NC1C2CCC(C2)C1C(=O)Nc1ccn[nH]1. The molecular formula is C11H16N4O. The summed E-state index contributed by atoms with van der Waals surface area (Å²) in [6.07, 6.45) is 5.09. The predicted molar refractivity (Wildman–Crippen MR) is 59.5 cm³/mol. The summed E-state index contributed by atoms with van der Waals surface area (Å²) in [5, 5.41) is 9.37. The number of H-pyrrole nitrogens is 1. The van der Waals surface area contributed by atoms with E-state index in [2.05, 4.69) is 15.5 Å². The number of anilines is 1. The predicted octanol–water partition coefficient (Wildman–Crippen LogP) is 0.722. The van der Waals surface area contributed by atoms with Crippen LogP contribution in [0.2, 0.25) is 0 Å². The first-order valence-corrected chi connectivity index (χ1v) is 5.81. The topological polar surface area (TPSA) is 83.8 Å². The van der Waals surface area contributed by atoms with Crippen molar-refractivity contribution in [1.82, 2.24) is 10.2 Å². The Balaban J connectivity index is 1.71. The van der Waals surface area contributed by atoms with Gasteiger partial charge in [0.1, 0.15) is 5.82 Å². The molecule has 1 amide bonds. The van der Waals surface area contributed by atoms with Crippen LogP contribution < -0.4 is 11.1 Å². The van der Waals surface area contributed by atoms with Gasteiger partial charge in [0.05, 0.1) is 12.1 Å². The largest absolute Gasteiger partial charge is 0.327 e. The van der Waals surface area contributed by atoms with Crippen LogP contribution in [0.15, 0.2) is 12.3 Å². The van der Waals surface area contributed by atoms with Crippen LogP contribution in [0.5, 0.6) is 0 Å². The summed E-state index contributed by atoms with van der Waals surface area (Å²) < 4.78 is 0. The average molecular weight is 220 g/mol. The fraction of sp³-hybridized carbons (Fsp3) is 0.636. The molecule has 2 aliphatic rings. The second kappa shape index (κ2) is 3.59. The van der Waals surface area contributed by atoms with Crippen LogP contribution in [0.25, 0.3) is 0 Å². The van der Waals surface area contributed by atoms with Crippen molar-refractivity contribution in [3.63, 3.8) is 0 Å². The van der Waals surface area contributed by atoms with Gasteiger partial charge in [0.2, 0.25) is 5.91 Å². The number of carbonyl (C=O) groups is 1. The lowest BCUT2D eigenvalue weighted by molar-refractivity contribution is -0.121. The van der Waals surface area contributed by atoms with Crippen molar-refractivity contribution in [2.75, 3.05) is 5.32 Å². The van der Waals surface area contributed by atoms with Crippen molar-refractivity contribution in [1.29, 1.82) is 0 Å². The highest BCUT2D eigenvalue weighted by molar-refractivity contribution is 5.92. The number of hydrogen-bond acceptors (Lipinski definition) is 3. The molecule has 0 aromatic carbocycles. The van der Waals surface area contributed by atoms with Crippen LogP contribution in [-0.2, 0) is 4.79 Å². The maximum atomic E-state index is 12.1. The van der Waals surface area contributed by atoms with Gasteiger partial charge in [0.25, 0.3) is 0 Å². The number of nitrogens with zero attached hydrogens (tertiary/aromatic N) is 1. The molecule has 16 heavy (non-hydrogen) atoms. The normalized spacial score (nSPS) is 36.6. The number of rotatable bonds is 2. The van der Waals surface area contributed by atoms with E-state index in [9.17, 15) is 4.79 Å². The lowest BCUT2D eigenvalue weighted by atomic mass is 9.84. The van der Waals surface area contributed by atoms with Gasteiger partial charge in [-0.15, -0.1) is 0 Å². The molecule has 0 saturated heterocycles. The third-order valence-corrected chi connectivity index (χ3v) is 4.04. The number of fused-ring (bicyclic) bond motifs is 2. The van der Waals surface area contributed by atoms with E-state index in [1.165, 1.54) is 6.42 Å². The molecule has 5 nitrogen and oxygen atoms in total. The molecule has 4 N–H and O–H groups in total. The minimum absolute atomic E-state index is 0.0120. The fourth-order valence-corrected chi connectivity index (χ4v) is 3.27. The summed E-state index contributed by atoms with van der Waals surface area (Å²) in [4.78, 5) is 12.1. The van der Waals surface area contributed by atoms with E-state index < -0.39 is 0 Å². The Hall–Kier alpha value is -1.36. The summed E-state index contributed by atoms with van der Waals surface area (Å²) in [5.74, 6) is 1.73. The maximum Gasteiger partial charge on any atom is 0.230 e. The van der Waals surface area contributed by atoms with Gasteiger partial charge in [0, 0.05) is 12.1 Å². The van der Waals surface area contributed by atoms with Crippen molar-refractivity contribution < 1.29 is 4.79 Å². The third kappa shape index (κ3) is 1.43. The van der Waals surface area contributed by atoms with Crippen LogP contribution in [0.1, 0.15) is 19.3 Å². The Labute approximate surface area is 93.8 Å². The van der Waals surface area contributed by atoms with E-state index in [-0.39, 0.29) is 17.9 Å². The number of amides is 1. The highest BCUT2D eigenvalue weighted by Crippen LogP contribution is 2.47. The molecular weight excluding hydrogens is 204 g/mol. The molecule has 3 rings (SSSR count). The summed E-state index contributed by atoms with van der Waals surface area (Å²) in [5.41, 5.74) is 6.11. The summed E-state index contributed by atoms with van der Waals surface area (Å²) in [7, 11) is 0. The first-order valence-electron chi connectivity index (χ1n) is 5.81. The lowest BCUT2D eigenvalue weighted by Crippen LogP contribution is -2.42. The Morgan fingerprint density at radius 2 is 2.31 bits per heavy atom. The molecule has 1 aromatic heterocycles. The van der Waals surface area contributed by atoms with E-state index >= 15 is 0 Å². The van der Waals surface area contributed by atoms with E-state index in [0.717, 1.165) is 12.8 Å². The number of nitrogens with two attached hydrogens (primary N) is 1. The number of aromatic amines is 1. The van der Waals surface area contributed by atoms with Crippen molar-refractivity contribution in [3.05, 3.63) is 12.3 Å². The Bertz CT molecular complexity index is 387. The standard InChI is InChI=1S/C11H16N4O/c12-10-7-2-1-6(5-7)9(10)11(16)14-8-3-4-13-15-8/h3-4,6-7,9-10H,1-2,5,12H2,(H2,13,14,15,16). The van der Waals surface area contributed by atoms with Crippen LogP contribution in [0, 0.1) is 17.8 Å². The molecule has 2 fully saturated rings. The van der Waals surface area contributed by atoms with E-state index in [1.807, 2.05) is 0 Å². The van der Waals surface area contributed by atoms with Gasteiger partial charge in [-0.25, -0.2) is 0 Å². The molecule has 2 aliphatic carbocycles. The minimum atomic E-state index is -0.0120. The number of carbonyl (C=O) groups excluding carboxylic acids is 1. The third-order valence-electron chi connectivity index (χ3n) is 4.04. The van der Waals surface area contributed by atoms with Crippen LogP contribution in [0.4, 0.5) is 5.82 Å². The molecule has 2 bridgehead atoms. The zero-order valence-electron chi connectivity index (χ0n) is 9.02. The molecule has 4 unspecified atom stereocenters. The summed E-state index contributed by atoms with van der Waals surface area (Å²) in [6.45, 7) is 0. The Morgan fingerprint density at radius 1 is 1.50 bits per heavy atom. The van der Waals surface area contributed by atoms with Gasteiger partial charge in [-0.2, -0.15) is 5.10 Å². The van der Waals surface area contributed by atoms with Gasteiger partial charge < -0.3 is 11.1 Å². The summed E-state index contributed by atoms with van der Waals surface area (Å²) >= 11 is 0. The van der Waals surface area contributed by atoms with Gasteiger partial charge in [-0.3, -0.25) is 9.89 Å². The molecule has 1 aromatic rings. The van der Waals surface area contributed by atoms with Crippen molar-refractivity contribution in [2.45, 2.75) is 25.3 Å². The first-order chi connectivity index (χ1) is 7.75. The second-order valence-corrected chi connectivity index (χ2v) is 4.90. The number of nitrogens with one attached hydrogen (secondary N) is 2. The molecule has 0 aliphatic heterocycles.